The van der Waals surface area contributed by atoms with Crippen LogP contribution in [0.15, 0.2) is 24.3 Å². The van der Waals surface area contributed by atoms with Gasteiger partial charge in [0.1, 0.15) is 18.9 Å². The number of hydrogen-bond donors (Lipinski definition) is 0. The second-order valence-corrected chi connectivity index (χ2v) is 5.74. The molecule has 0 aliphatic carbocycles. The number of likely N-dealkylation sites (tertiary alicyclic amines) is 1. The van der Waals surface area contributed by atoms with Crippen molar-refractivity contribution in [1.82, 2.24) is 4.90 Å². The molecule has 0 saturated carbocycles. The number of ether oxygens (including phenoxy) is 2. The van der Waals surface area contributed by atoms with Gasteiger partial charge in [-0.25, -0.2) is 0 Å². The molecule has 21 heavy (non-hydrogen) atoms. The van der Waals surface area contributed by atoms with E-state index in [1.54, 1.807) is 19.2 Å². The standard InChI is InChI=1S/C13H14BrNO4S.Ag/c1-18-9-4-2-8(3-5-9)7-19-10(16)6-15-12(17)11(14)13(15)20;/h2-5,11,13,20H,6-7H2,1H3;/q;+1/p-1/t11-,13+;/m0./s1. The average molecular weight is 467 g/mol. The first-order chi connectivity index (χ1) is 9.52. The summed E-state index contributed by atoms with van der Waals surface area (Å²) in [7, 11) is 1.58. The van der Waals surface area contributed by atoms with Gasteiger partial charge >= 0.3 is 28.3 Å². The Kier molecular flexibility index (Phi) is 7.29. The topological polar surface area (TPSA) is 55.8 Å². The van der Waals surface area contributed by atoms with Crippen LogP contribution in [0.25, 0.3) is 0 Å². The molecule has 118 valence electrons. The molecule has 0 spiro atoms. The van der Waals surface area contributed by atoms with Crippen molar-refractivity contribution in [3.8, 4) is 5.75 Å². The van der Waals surface area contributed by atoms with E-state index < -0.39 is 11.3 Å². The Morgan fingerprint density at radius 2 is 2.00 bits per heavy atom. The molecule has 1 aromatic carbocycles. The third-order valence-corrected chi connectivity index (χ3v) is 4.70. The van der Waals surface area contributed by atoms with Crippen molar-refractivity contribution in [1.29, 1.82) is 0 Å². The predicted molar refractivity (Wildman–Crippen MR) is 78.4 cm³/mol. The molecule has 0 radical (unpaired) electrons. The predicted octanol–water partition coefficient (Wildman–Crippen LogP) is 1.21. The molecule has 0 unspecified atom stereocenters. The molecule has 2 atom stereocenters. The Balaban J connectivity index is 0.00000220. The summed E-state index contributed by atoms with van der Waals surface area (Å²) in [6.07, 6.45) is 0. The number of carbonyl (C=O) groups is 2. The summed E-state index contributed by atoms with van der Waals surface area (Å²) in [5.41, 5.74) is 0.849. The van der Waals surface area contributed by atoms with E-state index in [1.807, 2.05) is 12.1 Å². The zero-order chi connectivity index (χ0) is 14.7. The quantitative estimate of drug-likeness (QED) is 0.215. The summed E-state index contributed by atoms with van der Waals surface area (Å²) >= 11 is 8.20. The van der Waals surface area contributed by atoms with Gasteiger partial charge in [0.15, 0.2) is 0 Å². The van der Waals surface area contributed by atoms with Crippen LogP contribution < -0.4 is 4.74 Å². The largest absolute Gasteiger partial charge is 1.00 e. The van der Waals surface area contributed by atoms with Crippen LogP contribution in [0.2, 0.25) is 0 Å². The molecule has 1 amide bonds. The first kappa shape index (κ1) is 18.6. The molecule has 1 fully saturated rings. The summed E-state index contributed by atoms with van der Waals surface area (Å²) in [6.45, 7) is 0.0515. The SMILES string of the molecule is COc1ccc(COC(=O)CN2C(=O)[C@H](Br)[C@H]2[S-])cc1.[Ag+]. The van der Waals surface area contributed by atoms with E-state index in [9.17, 15) is 9.59 Å². The minimum Gasteiger partial charge on any atom is -0.766 e. The maximum atomic E-state index is 11.6. The van der Waals surface area contributed by atoms with Crippen molar-refractivity contribution >= 4 is 40.4 Å². The zero-order valence-electron chi connectivity index (χ0n) is 11.0. The molecule has 0 bridgehead atoms. The number of alkyl halides is 1. The van der Waals surface area contributed by atoms with Gasteiger partial charge in [0.2, 0.25) is 5.91 Å². The van der Waals surface area contributed by atoms with Crippen LogP contribution in [0.1, 0.15) is 5.56 Å². The molecular weight excluding hydrogens is 454 g/mol. The van der Waals surface area contributed by atoms with Gasteiger partial charge in [-0.15, -0.1) is 0 Å². The minimum atomic E-state index is -0.469. The molecule has 2 rings (SSSR count). The van der Waals surface area contributed by atoms with Gasteiger partial charge in [0.25, 0.3) is 0 Å². The number of hydrogen-bond acceptors (Lipinski definition) is 5. The normalized spacial score (nSPS) is 20.3. The smallest absolute Gasteiger partial charge is 0.766 e. The molecule has 0 N–H and O–H groups in total. The van der Waals surface area contributed by atoms with E-state index in [-0.39, 0.29) is 46.3 Å². The third-order valence-electron chi connectivity index (χ3n) is 2.93. The first-order valence-electron chi connectivity index (χ1n) is 5.92. The van der Waals surface area contributed by atoms with Gasteiger partial charge in [-0.2, -0.15) is 0 Å². The molecule has 1 aliphatic heterocycles. The Hall–Kier alpha value is -0.470. The number of methoxy groups -OCH3 is 1. The number of rotatable bonds is 5. The fourth-order valence-corrected chi connectivity index (χ4v) is 2.56. The molecule has 1 saturated heterocycles. The summed E-state index contributed by atoms with van der Waals surface area (Å²) in [4.78, 5) is 24.0. The van der Waals surface area contributed by atoms with E-state index in [2.05, 4.69) is 15.9 Å². The molecule has 5 nitrogen and oxygen atoms in total. The summed E-state index contributed by atoms with van der Waals surface area (Å²) in [5, 5.41) is -0.393. The Morgan fingerprint density at radius 3 is 2.52 bits per heavy atom. The Morgan fingerprint density at radius 1 is 1.38 bits per heavy atom. The van der Waals surface area contributed by atoms with Crippen molar-refractivity contribution in [3.63, 3.8) is 0 Å². The molecule has 1 aromatic rings. The van der Waals surface area contributed by atoms with E-state index in [0.29, 0.717) is 0 Å². The van der Waals surface area contributed by atoms with Crippen LogP contribution in [0, 0.1) is 0 Å². The zero-order valence-corrected chi connectivity index (χ0v) is 14.9. The maximum absolute atomic E-state index is 11.6. The fraction of sp³-hybridized carbons (Fsp3) is 0.385. The van der Waals surface area contributed by atoms with Crippen LogP contribution >= 0.6 is 15.9 Å². The molecule has 8 heteroatoms. The van der Waals surface area contributed by atoms with Gasteiger partial charge < -0.3 is 27.0 Å². The van der Waals surface area contributed by atoms with Crippen molar-refractivity contribution < 1.29 is 41.4 Å². The van der Waals surface area contributed by atoms with Crippen LogP contribution in [0.3, 0.4) is 0 Å². The van der Waals surface area contributed by atoms with Gasteiger partial charge in [-0.3, -0.25) is 9.59 Å². The van der Waals surface area contributed by atoms with E-state index in [4.69, 9.17) is 22.1 Å². The first-order valence-corrected chi connectivity index (χ1v) is 7.30. The summed E-state index contributed by atoms with van der Waals surface area (Å²) < 4.78 is 10.1. The number of esters is 1. The average Bonchev–Trinajstić information content (AvgIpc) is 2.49. The van der Waals surface area contributed by atoms with Crippen LogP contribution in [-0.2, 0) is 55.9 Å². The van der Waals surface area contributed by atoms with Crippen molar-refractivity contribution in [3.05, 3.63) is 29.8 Å². The number of β-lactam (4-membered cyclic amide) rings is 1. The van der Waals surface area contributed by atoms with Crippen molar-refractivity contribution in [2.75, 3.05) is 13.7 Å². The summed E-state index contributed by atoms with van der Waals surface area (Å²) in [6, 6.07) is 7.20. The van der Waals surface area contributed by atoms with E-state index in [1.165, 1.54) is 4.90 Å². The monoisotopic (exact) mass is 465 g/mol. The number of halogens is 1. The molecule has 1 heterocycles. The van der Waals surface area contributed by atoms with E-state index in [0.717, 1.165) is 11.3 Å². The van der Waals surface area contributed by atoms with E-state index >= 15 is 0 Å². The molecule has 0 aromatic heterocycles. The van der Waals surface area contributed by atoms with Gasteiger partial charge in [-0.1, -0.05) is 33.4 Å². The molecular formula is C13H13AgBrNO4S. The fourth-order valence-electron chi connectivity index (χ4n) is 1.72. The van der Waals surface area contributed by atoms with Crippen LogP contribution in [-0.4, -0.2) is 40.6 Å². The second-order valence-electron chi connectivity index (χ2n) is 4.27. The number of nitrogens with zero attached hydrogens (tertiary/aromatic N) is 1. The maximum Gasteiger partial charge on any atom is 1.00 e. The summed E-state index contributed by atoms with van der Waals surface area (Å²) in [5.74, 6) is 0.0957. The van der Waals surface area contributed by atoms with Gasteiger partial charge in [0.05, 0.1) is 11.9 Å². The van der Waals surface area contributed by atoms with Crippen molar-refractivity contribution in [2.24, 2.45) is 0 Å². The minimum absolute atomic E-state index is 0. The number of amides is 1. The van der Waals surface area contributed by atoms with Crippen LogP contribution in [0.4, 0.5) is 0 Å². The molecule has 1 aliphatic rings. The van der Waals surface area contributed by atoms with Crippen molar-refractivity contribution in [2.45, 2.75) is 16.8 Å². The second kappa shape index (κ2) is 8.24. The van der Waals surface area contributed by atoms with Gasteiger partial charge in [-0.05, 0) is 17.7 Å². The van der Waals surface area contributed by atoms with Gasteiger partial charge in [0, 0.05) is 0 Å². The Bertz CT molecular complexity index is 513. The third kappa shape index (κ3) is 4.50. The number of benzene rings is 1. The Labute approximate surface area is 152 Å². The number of carbonyl (C=O) groups excluding carboxylic acids is 2. The van der Waals surface area contributed by atoms with Crippen LogP contribution in [0.5, 0.6) is 5.75 Å².